The summed E-state index contributed by atoms with van der Waals surface area (Å²) >= 11 is 0. The summed E-state index contributed by atoms with van der Waals surface area (Å²) in [6.07, 6.45) is 0. The smallest absolute Gasteiger partial charge is 0.344 e. The van der Waals surface area contributed by atoms with Crippen molar-refractivity contribution in [2.75, 3.05) is 18.5 Å². The fraction of sp³-hybridized carbons (Fsp3) is 0.167. The predicted molar refractivity (Wildman–Crippen MR) is 94.6 cm³/mol. The monoisotopic (exact) mass is 372 g/mol. The van der Waals surface area contributed by atoms with E-state index in [2.05, 4.69) is 5.32 Å². The summed E-state index contributed by atoms with van der Waals surface area (Å²) in [5.74, 6) is -1.35. The van der Waals surface area contributed by atoms with Crippen LogP contribution in [-0.2, 0) is 14.3 Å². The molecule has 0 fully saturated rings. The van der Waals surface area contributed by atoms with Gasteiger partial charge in [-0.05, 0) is 31.2 Å². The van der Waals surface area contributed by atoms with E-state index in [1.54, 1.807) is 24.3 Å². The van der Waals surface area contributed by atoms with Gasteiger partial charge in [0.15, 0.2) is 19.0 Å². The predicted octanol–water partition coefficient (Wildman–Crippen LogP) is 2.36. The lowest BCUT2D eigenvalue weighted by Gasteiger charge is -2.10. The molecule has 2 aromatic rings. The van der Waals surface area contributed by atoms with Crippen LogP contribution in [0.25, 0.3) is 0 Å². The maximum atomic E-state index is 11.9. The molecule has 0 saturated heterocycles. The summed E-state index contributed by atoms with van der Waals surface area (Å²) in [5.41, 5.74) is 0.569. The molecular weight excluding hydrogens is 356 g/mol. The Hall–Kier alpha value is -3.75. The maximum Gasteiger partial charge on any atom is 0.344 e. The number of hydrogen-bond acceptors (Lipinski definition) is 7. The first kappa shape index (κ1) is 19.6. The van der Waals surface area contributed by atoms with Crippen molar-refractivity contribution in [1.29, 1.82) is 0 Å². The SMILES string of the molecule is CC(=O)c1ccccc1NC(=O)COC(=O)COc1ccc([N+](=O)[O-])cc1. The number of rotatable bonds is 8. The number of amides is 1. The van der Waals surface area contributed by atoms with Crippen molar-refractivity contribution in [3.05, 3.63) is 64.2 Å². The number of para-hydroxylation sites is 1. The number of hydrogen-bond donors (Lipinski definition) is 1. The molecule has 1 N–H and O–H groups in total. The van der Waals surface area contributed by atoms with Crippen LogP contribution in [0.5, 0.6) is 5.75 Å². The number of nitro benzene ring substituents is 1. The largest absolute Gasteiger partial charge is 0.482 e. The molecule has 27 heavy (non-hydrogen) atoms. The lowest BCUT2D eigenvalue weighted by Crippen LogP contribution is -2.24. The number of ether oxygens (including phenoxy) is 2. The van der Waals surface area contributed by atoms with Crippen molar-refractivity contribution in [2.24, 2.45) is 0 Å². The van der Waals surface area contributed by atoms with E-state index in [-0.39, 0.29) is 17.2 Å². The van der Waals surface area contributed by atoms with E-state index in [1.165, 1.54) is 31.2 Å². The number of Topliss-reactive ketones (excluding diaryl/α,β-unsaturated/α-hetero) is 1. The first-order valence-corrected chi connectivity index (χ1v) is 7.79. The highest BCUT2D eigenvalue weighted by Gasteiger charge is 2.12. The number of benzene rings is 2. The average Bonchev–Trinajstić information content (AvgIpc) is 2.65. The van der Waals surface area contributed by atoms with Crippen molar-refractivity contribution in [1.82, 2.24) is 0 Å². The van der Waals surface area contributed by atoms with Crippen LogP contribution < -0.4 is 10.1 Å². The highest BCUT2D eigenvalue weighted by atomic mass is 16.6. The molecule has 0 aliphatic heterocycles. The number of nitrogens with zero attached hydrogens (tertiary/aromatic N) is 1. The van der Waals surface area contributed by atoms with Crippen LogP contribution >= 0.6 is 0 Å². The van der Waals surface area contributed by atoms with Gasteiger partial charge in [-0.25, -0.2) is 4.79 Å². The van der Waals surface area contributed by atoms with Gasteiger partial charge < -0.3 is 14.8 Å². The number of nitrogens with one attached hydrogen (secondary N) is 1. The van der Waals surface area contributed by atoms with Gasteiger partial charge in [0.2, 0.25) is 0 Å². The maximum absolute atomic E-state index is 11.9. The molecule has 0 saturated carbocycles. The van der Waals surface area contributed by atoms with E-state index in [0.717, 1.165) is 0 Å². The molecular formula is C18H16N2O7. The minimum absolute atomic E-state index is 0.104. The number of ketones is 1. The minimum atomic E-state index is -0.789. The van der Waals surface area contributed by atoms with Crippen molar-refractivity contribution < 1.29 is 28.8 Å². The lowest BCUT2D eigenvalue weighted by molar-refractivity contribution is -0.384. The van der Waals surface area contributed by atoms with Crippen LogP contribution in [0.4, 0.5) is 11.4 Å². The van der Waals surface area contributed by atoms with E-state index >= 15 is 0 Å². The zero-order chi connectivity index (χ0) is 19.8. The van der Waals surface area contributed by atoms with Crippen LogP contribution in [-0.4, -0.2) is 35.8 Å². The van der Waals surface area contributed by atoms with Crippen LogP contribution in [0.1, 0.15) is 17.3 Å². The average molecular weight is 372 g/mol. The van der Waals surface area contributed by atoms with Crippen LogP contribution in [0, 0.1) is 10.1 Å². The number of anilines is 1. The van der Waals surface area contributed by atoms with Crippen molar-refractivity contribution in [2.45, 2.75) is 6.92 Å². The molecule has 9 nitrogen and oxygen atoms in total. The minimum Gasteiger partial charge on any atom is -0.482 e. The van der Waals surface area contributed by atoms with Gasteiger partial charge in [0.05, 0.1) is 10.6 Å². The van der Waals surface area contributed by atoms with Crippen molar-refractivity contribution >= 4 is 29.0 Å². The number of esters is 1. The second-order valence-electron chi connectivity index (χ2n) is 5.35. The molecule has 0 aliphatic carbocycles. The Labute approximate surface area is 154 Å². The third-order valence-electron chi connectivity index (χ3n) is 3.35. The van der Waals surface area contributed by atoms with E-state index in [9.17, 15) is 24.5 Å². The number of carbonyl (C=O) groups excluding carboxylic acids is 3. The molecule has 0 bridgehead atoms. The lowest BCUT2D eigenvalue weighted by atomic mass is 10.1. The van der Waals surface area contributed by atoms with E-state index in [4.69, 9.17) is 9.47 Å². The van der Waals surface area contributed by atoms with Crippen LogP contribution in [0.15, 0.2) is 48.5 Å². The Balaban J connectivity index is 1.79. The van der Waals surface area contributed by atoms with Gasteiger partial charge in [-0.2, -0.15) is 0 Å². The van der Waals surface area contributed by atoms with Crippen LogP contribution in [0.2, 0.25) is 0 Å². The van der Waals surface area contributed by atoms with Gasteiger partial charge in [0.1, 0.15) is 5.75 Å². The number of carbonyl (C=O) groups is 3. The summed E-state index contributed by atoms with van der Waals surface area (Å²) in [4.78, 5) is 45.0. The zero-order valence-electron chi connectivity index (χ0n) is 14.3. The zero-order valence-corrected chi connectivity index (χ0v) is 14.3. The molecule has 140 valence electrons. The molecule has 0 aromatic heterocycles. The van der Waals surface area contributed by atoms with Crippen molar-refractivity contribution in [3.8, 4) is 5.75 Å². The summed E-state index contributed by atoms with van der Waals surface area (Å²) < 4.78 is 9.92. The molecule has 0 spiro atoms. The fourth-order valence-electron chi connectivity index (χ4n) is 2.08. The molecule has 2 rings (SSSR count). The van der Waals surface area contributed by atoms with Gasteiger partial charge >= 0.3 is 5.97 Å². The first-order chi connectivity index (χ1) is 12.9. The Morgan fingerprint density at radius 2 is 1.70 bits per heavy atom. The topological polar surface area (TPSA) is 125 Å². The fourth-order valence-corrected chi connectivity index (χ4v) is 2.08. The van der Waals surface area contributed by atoms with Crippen LogP contribution in [0.3, 0.4) is 0 Å². The van der Waals surface area contributed by atoms with Crippen molar-refractivity contribution in [3.63, 3.8) is 0 Å². The van der Waals surface area contributed by atoms with Gasteiger partial charge in [0, 0.05) is 17.7 Å². The quantitative estimate of drug-likeness (QED) is 0.326. The van der Waals surface area contributed by atoms with E-state index in [1.807, 2.05) is 0 Å². The molecule has 1 amide bonds. The van der Waals surface area contributed by atoms with Gasteiger partial charge in [-0.15, -0.1) is 0 Å². The van der Waals surface area contributed by atoms with E-state index in [0.29, 0.717) is 11.3 Å². The van der Waals surface area contributed by atoms with Gasteiger partial charge in [-0.3, -0.25) is 19.7 Å². The number of non-ortho nitro benzene ring substituents is 1. The normalized spacial score (nSPS) is 9.96. The Bertz CT molecular complexity index is 862. The van der Waals surface area contributed by atoms with Gasteiger partial charge in [-0.1, -0.05) is 12.1 Å². The second-order valence-corrected chi connectivity index (χ2v) is 5.35. The summed E-state index contributed by atoms with van der Waals surface area (Å²) in [5, 5.41) is 13.0. The van der Waals surface area contributed by atoms with Gasteiger partial charge in [0.25, 0.3) is 11.6 Å². The summed E-state index contributed by atoms with van der Waals surface area (Å²) in [6, 6.07) is 11.6. The summed E-state index contributed by atoms with van der Waals surface area (Å²) in [7, 11) is 0. The highest BCUT2D eigenvalue weighted by molar-refractivity contribution is 6.04. The Morgan fingerprint density at radius 1 is 1.04 bits per heavy atom. The Morgan fingerprint density at radius 3 is 2.33 bits per heavy atom. The van der Waals surface area contributed by atoms with E-state index < -0.39 is 30.0 Å². The molecule has 0 radical (unpaired) electrons. The molecule has 9 heteroatoms. The molecule has 0 unspecified atom stereocenters. The second kappa shape index (κ2) is 9.09. The molecule has 2 aromatic carbocycles. The third kappa shape index (κ3) is 5.92. The molecule has 0 aliphatic rings. The first-order valence-electron chi connectivity index (χ1n) is 7.79. The highest BCUT2D eigenvalue weighted by Crippen LogP contribution is 2.17. The molecule has 0 heterocycles. The Kier molecular flexibility index (Phi) is 6.59. The number of nitro groups is 1. The molecule has 0 atom stereocenters. The summed E-state index contributed by atoms with van der Waals surface area (Å²) in [6.45, 7) is 0.365. The third-order valence-corrected chi connectivity index (χ3v) is 3.35. The standard InChI is InChI=1S/C18H16N2O7/c1-12(21)15-4-2-3-5-16(15)19-17(22)10-27-18(23)11-26-14-8-6-13(7-9-14)20(24)25/h2-9H,10-11H2,1H3,(H,19,22).